The molecule has 1 rings (SSSR count). The largest absolute Gasteiger partial charge is 0.508 e. The van der Waals surface area contributed by atoms with Crippen LogP contribution < -0.4 is 5.32 Å². The molecule has 1 amide bonds. The van der Waals surface area contributed by atoms with Crippen LogP contribution in [0.4, 0.5) is 0 Å². The first-order chi connectivity index (χ1) is 8.00. The van der Waals surface area contributed by atoms with Crippen molar-refractivity contribution in [1.82, 2.24) is 5.32 Å². The first-order valence-corrected chi connectivity index (χ1v) is 6.15. The van der Waals surface area contributed by atoms with E-state index in [1.807, 2.05) is 0 Å². The molecule has 0 radical (unpaired) electrons. The van der Waals surface area contributed by atoms with Gasteiger partial charge in [-0.25, -0.2) is 0 Å². The second-order valence-corrected chi connectivity index (χ2v) is 4.86. The minimum atomic E-state index is -0.241. The van der Waals surface area contributed by atoms with Gasteiger partial charge in [-0.15, -0.1) is 0 Å². The molecule has 1 aromatic carbocycles. The number of rotatable bonds is 5. The number of carbonyl (C=O) groups excluding carboxylic acids is 1. The summed E-state index contributed by atoms with van der Waals surface area (Å²) in [6.45, 7) is 4.92. The maximum Gasteiger partial charge on any atom is 0.252 e. The van der Waals surface area contributed by atoms with Crippen LogP contribution in [0.15, 0.2) is 18.2 Å². The van der Waals surface area contributed by atoms with Gasteiger partial charge in [-0.1, -0.05) is 25.4 Å². The van der Waals surface area contributed by atoms with Crippen molar-refractivity contribution in [3.8, 4) is 5.75 Å². The minimum Gasteiger partial charge on any atom is -0.508 e. The lowest BCUT2D eigenvalue weighted by Crippen LogP contribution is -2.24. The number of phenols is 1. The third-order valence-electron chi connectivity index (χ3n) is 2.44. The summed E-state index contributed by atoms with van der Waals surface area (Å²) in [4.78, 5) is 11.8. The molecule has 0 aliphatic rings. The van der Waals surface area contributed by atoms with Crippen LogP contribution in [0.2, 0.25) is 5.02 Å². The molecule has 0 heterocycles. The van der Waals surface area contributed by atoms with Crippen LogP contribution in [0.5, 0.6) is 5.75 Å². The Morgan fingerprint density at radius 1 is 1.47 bits per heavy atom. The fraction of sp³-hybridized carbons (Fsp3) is 0.462. The number of hydrogen-bond acceptors (Lipinski definition) is 2. The van der Waals surface area contributed by atoms with Crippen LogP contribution in [0.3, 0.4) is 0 Å². The number of phenolic OH excluding ortho intramolecular Hbond substituents is 1. The standard InChI is InChI=1S/C13H18ClNO2/c1-9(2)4-3-7-15-13(17)11-8-10(16)5-6-12(11)14/h5-6,8-9,16H,3-4,7H2,1-2H3,(H,15,17). The van der Waals surface area contributed by atoms with Gasteiger partial charge in [0.1, 0.15) is 5.75 Å². The SMILES string of the molecule is CC(C)CCCNC(=O)c1cc(O)ccc1Cl. The van der Waals surface area contributed by atoms with Crippen molar-refractivity contribution in [3.05, 3.63) is 28.8 Å². The van der Waals surface area contributed by atoms with Crippen LogP contribution in [0.1, 0.15) is 37.0 Å². The number of benzene rings is 1. The van der Waals surface area contributed by atoms with Gasteiger partial charge in [0.05, 0.1) is 10.6 Å². The lowest BCUT2D eigenvalue weighted by atomic mass is 10.1. The van der Waals surface area contributed by atoms with Gasteiger partial charge in [-0.05, 0) is 37.0 Å². The summed E-state index contributed by atoms with van der Waals surface area (Å²) >= 11 is 5.88. The van der Waals surface area contributed by atoms with Gasteiger partial charge in [0.2, 0.25) is 0 Å². The second-order valence-electron chi connectivity index (χ2n) is 4.46. The molecule has 0 saturated heterocycles. The summed E-state index contributed by atoms with van der Waals surface area (Å²) in [5, 5.41) is 12.4. The van der Waals surface area contributed by atoms with E-state index in [0.717, 1.165) is 12.8 Å². The summed E-state index contributed by atoms with van der Waals surface area (Å²) in [6.07, 6.45) is 2.02. The van der Waals surface area contributed by atoms with Crippen molar-refractivity contribution in [2.45, 2.75) is 26.7 Å². The van der Waals surface area contributed by atoms with E-state index in [2.05, 4.69) is 19.2 Å². The zero-order valence-corrected chi connectivity index (χ0v) is 10.9. The number of carbonyl (C=O) groups is 1. The fourth-order valence-corrected chi connectivity index (χ4v) is 1.70. The van der Waals surface area contributed by atoms with E-state index in [1.165, 1.54) is 18.2 Å². The maximum atomic E-state index is 11.8. The Bertz CT molecular complexity index is 391. The highest BCUT2D eigenvalue weighted by atomic mass is 35.5. The molecule has 0 bridgehead atoms. The highest BCUT2D eigenvalue weighted by molar-refractivity contribution is 6.33. The summed E-state index contributed by atoms with van der Waals surface area (Å²) in [6, 6.07) is 4.35. The second kappa shape index (κ2) is 6.50. The summed E-state index contributed by atoms with van der Waals surface area (Å²) in [5.74, 6) is 0.438. The molecule has 0 atom stereocenters. The quantitative estimate of drug-likeness (QED) is 0.794. The fourth-order valence-electron chi connectivity index (χ4n) is 1.49. The lowest BCUT2D eigenvalue weighted by Gasteiger charge is -2.08. The van der Waals surface area contributed by atoms with Gasteiger partial charge in [0.25, 0.3) is 5.91 Å². The van der Waals surface area contributed by atoms with E-state index in [0.29, 0.717) is 23.0 Å². The Hall–Kier alpha value is -1.22. The Kier molecular flexibility index (Phi) is 5.29. The van der Waals surface area contributed by atoms with Crippen LogP contribution in [-0.4, -0.2) is 17.6 Å². The van der Waals surface area contributed by atoms with E-state index in [-0.39, 0.29) is 11.7 Å². The van der Waals surface area contributed by atoms with Gasteiger partial charge in [-0.3, -0.25) is 4.79 Å². The normalized spacial score (nSPS) is 10.6. The summed E-state index contributed by atoms with van der Waals surface area (Å²) in [5.41, 5.74) is 0.316. The predicted octanol–water partition coefficient (Wildman–Crippen LogP) is 3.21. The van der Waals surface area contributed by atoms with Crippen LogP contribution in [0, 0.1) is 5.92 Å². The Balaban J connectivity index is 2.49. The lowest BCUT2D eigenvalue weighted by molar-refractivity contribution is 0.0952. The molecule has 0 aliphatic heterocycles. The minimum absolute atomic E-state index is 0.0433. The number of amides is 1. The average molecular weight is 256 g/mol. The van der Waals surface area contributed by atoms with E-state index < -0.39 is 0 Å². The molecule has 17 heavy (non-hydrogen) atoms. The van der Waals surface area contributed by atoms with Crippen molar-refractivity contribution in [3.63, 3.8) is 0 Å². The molecule has 94 valence electrons. The highest BCUT2D eigenvalue weighted by Crippen LogP contribution is 2.20. The van der Waals surface area contributed by atoms with Crippen LogP contribution >= 0.6 is 11.6 Å². The van der Waals surface area contributed by atoms with Crippen LogP contribution in [-0.2, 0) is 0 Å². The molecule has 0 fully saturated rings. The van der Waals surface area contributed by atoms with E-state index in [1.54, 1.807) is 0 Å². The highest BCUT2D eigenvalue weighted by Gasteiger charge is 2.10. The Labute approximate surface area is 107 Å². The summed E-state index contributed by atoms with van der Waals surface area (Å²) in [7, 11) is 0. The van der Waals surface area contributed by atoms with E-state index in [4.69, 9.17) is 11.6 Å². The topological polar surface area (TPSA) is 49.3 Å². The first kappa shape index (κ1) is 13.8. The van der Waals surface area contributed by atoms with Gasteiger partial charge in [-0.2, -0.15) is 0 Å². The van der Waals surface area contributed by atoms with Gasteiger partial charge >= 0.3 is 0 Å². The molecule has 3 nitrogen and oxygen atoms in total. The molecule has 1 aromatic rings. The van der Waals surface area contributed by atoms with Crippen molar-refractivity contribution in [1.29, 1.82) is 0 Å². The predicted molar refractivity (Wildman–Crippen MR) is 69.5 cm³/mol. The number of halogens is 1. The van der Waals surface area contributed by atoms with Gasteiger partial charge < -0.3 is 10.4 Å². The van der Waals surface area contributed by atoms with Crippen molar-refractivity contribution in [2.75, 3.05) is 6.54 Å². The number of aromatic hydroxyl groups is 1. The van der Waals surface area contributed by atoms with Crippen molar-refractivity contribution >= 4 is 17.5 Å². The molecular weight excluding hydrogens is 238 g/mol. The molecule has 4 heteroatoms. The molecule has 2 N–H and O–H groups in total. The maximum absolute atomic E-state index is 11.8. The molecule has 0 aliphatic carbocycles. The zero-order valence-electron chi connectivity index (χ0n) is 10.2. The first-order valence-electron chi connectivity index (χ1n) is 5.77. The third-order valence-corrected chi connectivity index (χ3v) is 2.77. The molecule has 0 aromatic heterocycles. The van der Waals surface area contributed by atoms with E-state index >= 15 is 0 Å². The third kappa shape index (κ3) is 4.65. The van der Waals surface area contributed by atoms with Gasteiger partial charge in [0, 0.05) is 6.54 Å². The molecular formula is C13H18ClNO2. The van der Waals surface area contributed by atoms with Gasteiger partial charge in [0.15, 0.2) is 0 Å². The summed E-state index contributed by atoms with van der Waals surface area (Å²) < 4.78 is 0. The van der Waals surface area contributed by atoms with Crippen LogP contribution in [0.25, 0.3) is 0 Å². The van der Waals surface area contributed by atoms with E-state index in [9.17, 15) is 9.90 Å². The molecule has 0 saturated carbocycles. The molecule has 0 unspecified atom stereocenters. The number of nitrogens with one attached hydrogen (secondary N) is 1. The van der Waals surface area contributed by atoms with Crippen molar-refractivity contribution in [2.24, 2.45) is 5.92 Å². The monoisotopic (exact) mass is 255 g/mol. The van der Waals surface area contributed by atoms with Crippen molar-refractivity contribution < 1.29 is 9.90 Å². The zero-order chi connectivity index (χ0) is 12.8. The Morgan fingerprint density at radius 2 is 2.18 bits per heavy atom. The smallest absolute Gasteiger partial charge is 0.252 e. The number of hydrogen-bond donors (Lipinski definition) is 2. The molecule has 0 spiro atoms. The Morgan fingerprint density at radius 3 is 2.82 bits per heavy atom. The average Bonchev–Trinajstić information content (AvgIpc) is 2.27.